The van der Waals surface area contributed by atoms with Crippen LogP contribution in [0.3, 0.4) is 0 Å². The maximum absolute atomic E-state index is 12.1. The molecule has 22 heavy (non-hydrogen) atoms. The minimum atomic E-state index is -0.196. The molecular weight excluding hydrogens is 372 g/mol. The molecule has 2 rings (SSSR count). The van der Waals surface area contributed by atoms with Gasteiger partial charge in [0.15, 0.2) is 0 Å². The number of benzene rings is 1. The molecule has 0 aliphatic carbocycles. The molecule has 9 heteroatoms. The van der Waals surface area contributed by atoms with Gasteiger partial charge in [-0.25, -0.2) is 0 Å². The number of nitrogens with one attached hydrogen (secondary N) is 1. The molecule has 1 saturated heterocycles. The van der Waals surface area contributed by atoms with Crippen LogP contribution in [0.4, 0.5) is 5.69 Å². The van der Waals surface area contributed by atoms with Crippen molar-refractivity contribution in [2.75, 3.05) is 38.1 Å². The quantitative estimate of drug-likeness (QED) is 0.831. The Morgan fingerprint density at radius 1 is 1.36 bits per heavy atom. The van der Waals surface area contributed by atoms with Crippen molar-refractivity contribution in [3.8, 4) is 0 Å². The molecule has 0 saturated carbocycles. The van der Waals surface area contributed by atoms with Crippen LogP contribution in [-0.4, -0.2) is 49.7 Å². The first-order valence-corrected chi connectivity index (χ1v) is 7.61. The van der Waals surface area contributed by atoms with Crippen LogP contribution in [0.5, 0.6) is 0 Å². The number of morpholine rings is 1. The lowest BCUT2D eigenvalue weighted by Crippen LogP contribution is -2.48. The number of rotatable bonds is 4. The normalized spacial score (nSPS) is 18.6. The van der Waals surface area contributed by atoms with Crippen molar-refractivity contribution in [3.63, 3.8) is 0 Å². The first kappa shape index (κ1) is 19.8. The van der Waals surface area contributed by atoms with Gasteiger partial charge in [0, 0.05) is 24.7 Å². The Kier molecular flexibility index (Phi) is 8.21. The lowest BCUT2D eigenvalue weighted by Gasteiger charge is -2.31. The van der Waals surface area contributed by atoms with Gasteiger partial charge in [0.1, 0.15) is 0 Å². The van der Waals surface area contributed by atoms with Crippen LogP contribution in [0, 0.1) is 0 Å². The fourth-order valence-corrected chi connectivity index (χ4v) is 3.02. The molecule has 1 unspecified atom stereocenters. The van der Waals surface area contributed by atoms with Crippen LogP contribution in [-0.2, 0) is 9.53 Å². The summed E-state index contributed by atoms with van der Waals surface area (Å²) >= 11 is 17.9. The Morgan fingerprint density at radius 2 is 2.00 bits per heavy atom. The molecule has 1 aliphatic heterocycles. The molecule has 1 amide bonds. The van der Waals surface area contributed by atoms with Crippen LogP contribution in [0.25, 0.3) is 0 Å². The highest BCUT2D eigenvalue weighted by Crippen LogP contribution is 2.33. The van der Waals surface area contributed by atoms with Gasteiger partial charge < -0.3 is 15.8 Å². The third-order valence-corrected chi connectivity index (χ3v) is 3.94. The minimum absolute atomic E-state index is 0. The second kappa shape index (κ2) is 9.13. The molecule has 1 aromatic rings. The van der Waals surface area contributed by atoms with E-state index in [4.69, 9.17) is 45.3 Å². The average Bonchev–Trinajstić information content (AvgIpc) is 2.43. The number of hydrogen-bond donors (Lipinski definition) is 2. The summed E-state index contributed by atoms with van der Waals surface area (Å²) in [5.41, 5.74) is 5.95. The van der Waals surface area contributed by atoms with Crippen LogP contribution in [0.1, 0.15) is 0 Å². The predicted octanol–water partition coefficient (Wildman–Crippen LogP) is 2.67. The summed E-state index contributed by atoms with van der Waals surface area (Å²) in [5, 5.41) is 3.75. The summed E-state index contributed by atoms with van der Waals surface area (Å²) in [7, 11) is 0. The molecule has 1 fully saturated rings. The van der Waals surface area contributed by atoms with Crippen molar-refractivity contribution >= 4 is 58.8 Å². The predicted molar refractivity (Wildman–Crippen MR) is 92.6 cm³/mol. The van der Waals surface area contributed by atoms with Gasteiger partial charge in [-0.2, -0.15) is 0 Å². The summed E-state index contributed by atoms with van der Waals surface area (Å²) < 4.78 is 5.45. The zero-order valence-corrected chi connectivity index (χ0v) is 14.7. The maximum atomic E-state index is 12.1. The maximum Gasteiger partial charge on any atom is 0.238 e. The number of amides is 1. The number of hydrogen-bond acceptors (Lipinski definition) is 4. The molecule has 1 aromatic carbocycles. The number of nitrogens with two attached hydrogens (primary N) is 1. The van der Waals surface area contributed by atoms with Crippen LogP contribution >= 0.6 is 47.2 Å². The lowest BCUT2D eigenvalue weighted by atomic mass is 10.2. The van der Waals surface area contributed by atoms with E-state index in [1.165, 1.54) is 12.1 Å². The number of carbonyl (C=O) groups is 1. The standard InChI is InChI=1S/C13H16Cl3N3O2.ClH/c14-8-3-10(15)13(11(16)4-8)18-12(20)7-19-1-2-21-9(5-17)6-19;/h3-4,9H,1-2,5-7,17H2,(H,18,20);1H. The Bertz CT molecular complexity index is 507. The largest absolute Gasteiger partial charge is 0.374 e. The van der Waals surface area contributed by atoms with E-state index >= 15 is 0 Å². The van der Waals surface area contributed by atoms with Crippen molar-refractivity contribution in [2.45, 2.75) is 6.10 Å². The second-order valence-electron chi connectivity index (χ2n) is 4.76. The van der Waals surface area contributed by atoms with Gasteiger partial charge in [-0.1, -0.05) is 34.8 Å². The molecule has 124 valence electrons. The molecule has 1 atom stereocenters. The smallest absolute Gasteiger partial charge is 0.238 e. The van der Waals surface area contributed by atoms with Crippen molar-refractivity contribution in [2.24, 2.45) is 5.73 Å². The summed E-state index contributed by atoms with van der Waals surface area (Å²) in [4.78, 5) is 14.1. The number of carbonyl (C=O) groups excluding carboxylic acids is 1. The lowest BCUT2D eigenvalue weighted by molar-refractivity contribution is -0.119. The van der Waals surface area contributed by atoms with Gasteiger partial charge in [-0.15, -0.1) is 12.4 Å². The van der Waals surface area contributed by atoms with Gasteiger partial charge in [-0.3, -0.25) is 9.69 Å². The minimum Gasteiger partial charge on any atom is -0.374 e. The monoisotopic (exact) mass is 387 g/mol. The first-order chi connectivity index (χ1) is 9.99. The molecule has 0 spiro atoms. The first-order valence-electron chi connectivity index (χ1n) is 6.48. The summed E-state index contributed by atoms with van der Waals surface area (Å²) in [6, 6.07) is 3.06. The molecule has 0 bridgehead atoms. The van der Waals surface area contributed by atoms with Gasteiger partial charge in [-0.05, 0) is 12.1 Å². The fraction of sp³-hybridized carbons (Fsp3) is 0.462. The number of anilines is 1. The van der Waals surface area contributed by atoms with E-state index in [2.05, 4.69) is 5.32 Å². The van der Waals surface area contributed by atoms with Crippen molar-refractivity contribution in [3.05, 3.63) is 27.2 Å². The highest BCUT2D eigenvalue weighted by atomic mass is 35.5. The van der Waals surface area contributed by atoms with Gasteiger partial charge in [0.2, 0.25) is 5.91 Å². The molecular formula is C13H17Cl4N3O2. The highest BCUT2D eigenvalue weighted by molar-refractivity contribution is 6.42. The molecule has 3 N–H and O–H groups in total. The van der Waals surface area contributed by atoms with Crippen LogP contribution in [0.15, 0.2) is 12.1 Å². The fourth-order valence-electron chi connectivity index (χ4n) is 2.11. The number of ether oxygens (including phenoxy) is 1. The molecule has 1 aliphatic rings. The highest BCUT2D eigenvalue weighted by Gasteiger charge is 2.21. The molecule has 0 aromatic heterocycles. The third-order valence-electron chi connectivity index (χ3n) is 3.12. The number of nitrogens with zero attached hydrogens (tertiary/aromatic N) is 1. The Morgan fingerprint density at radius 3 is 2.59 bits per heavy atom. The summed E-state index contributed by atoms with van der Waals surface area (Å²) in [6.45, 7) is 2.55. The van der Waals surface area contributed by atoms with E-state index in [1.54, 1.807) is 0 Å². The van der Waals surface area contributed by atoms with E-state index in [-0.39, 0.29) is 31.0 Å². The van der Waals surface area contributed by atoms with Gasteiger partial charge in [0.25, 0.3) is 0 Å². The summed E-state index contributed by atoms with van der Waals surface area (Å²) in [6.07, 6.45) is -0.0331. The average molecular weight is 389 g/mol. The van der Waals surface area contributed by atoms with Crippen LogP contribution < -0.4 is 11.1 Å². The topological polar surface area (TPSA) is 67.6 Å². The van der Waals surface area contributed by atoms with E-state index in [9.17, 15) is 4.79 Å². The Labute approximate surface area is 150 Å². The van der Waals surface area contributed by atoms with Crippen molar-refractivity contribution < 1.29 is 9.53 Å². The van der Waals surface area contributed by atoms with Gasteiger partial charge in [0.05, 0.1) is 35.0 Å². The Balaban J connectivity index is 0.00000242. The van der Waals surface area contributed by atoms with E-state index < -0.39 is 0 Å². The Hall–Kier alpha value is -0.270. The van der Waals surface area contributed by atoms with E-state index in [0.717, 1.165) is 0 Å². The van der Waals surface area contributed by atoms with E-state index in [1.807, 2.05) is 4.90 Å². The molecule has 5 nitrogen and oxygen atoms in total. The van der Waals surface area contributed by atoms with Crippen molar-refractivity contribution in [1.29, 1.82) is 0 Å². The third kappa shape index (κ3) is 5.42. The van der Waals surface area contributed by atoms with Crippen molar-refractivity contribution in [1.82, 2.24) is 4.90 Å². The van der Waals surface area contributed by atoms with E-state index in [0.29, 0.717) is 47.0 Å². The summed E-state index contributed by atoms with van der Waals surface area (Å²) in [5.74, 6) is -0.196. The zero-order valence-electron chi connectivity index (χ0n) is 11.7. The van der Waals surface area contributed by atoms with Crippen LogP contribution in [0.2, 0.25) is 15.1 Å². The molecule has 1 heterocycles. The van der Waals surface area contributed by atoms with Gasteiger partial charge >= 0.3 is 0 Å². The number of halogens is 4. The molecule has 0 radical (unpaired) electrons. The second-order valence-corrected chi connectivity index (χ2v) is 6.01. The SMILES string of the molecule is Cl.NCC1CN(CC(=O)Nc2c(Cl)cc(Cl)cc2Cl)CCO1. The zero-order chi connectivity index (χ0) is 15.4.